The third-order valence-electron chi connectivity index (χ3n) is 2.95. The monoisotopic (exact) mass is 296 g/mol. The molecule has 0 heterocycles. The summed E-state index contributed by atoms with van der Waals surface area (Å²) in [6.07, 6.45) is 6.22. The van der Waals surface area contributed by atoms with Gasteiger partial charge in [-0.1, -0.05) is 49.4 Å². The fourth-order valence-electron chi connectivity index (χ4n) is 1.88. The van der Waals surface area contributed by atoms with Crippen molar-refractivity contribution in [3.05, 3.63) is 42.0 Å². The molecule has 1 rings (SSSR count). The van der Waals surface area contributed by atoms with Gasteiger partial charge in [-0.25, -0.2) is 12.7 Å². The number of benzene rings is 1. The fraction of sp³-hybridized carbons (Fsp3) is 0.467. The van der Waals surface area contributed by atoms with E-state index in [2.05, 4.69) is 29.6 Å². The van der Waals surface area contributed by atoms with Crippen LogP contribution in [-0.4, -0.2) is 45.2 Å². The number of rotatable bonds is 9. The molecule has 0 radical (unpaired) electrons. The maximum Gasteiger partial charge on any atom is 0.211 e. The average Bonchev–Trinajstić information content (AvgIpc) is 2.41. The molecule has 112 valence electrons. The Bertz CT molecular complexity index is 498. The van der Waals surface area contributed by atoms with Gasteiger partial charge in [-0.15, -0.1) is 0 Å². The smallest absolute Gasteiger partial charge is 0.211 e. The molecule has 1 N–H and O–H groups in total. The van der Waals surface area contributed by atoms with Gasteiger partial charge in [-0.3, -0.25) is 0 Å². The average molecular weight is 296 g/mol. The van der Waals surface area contributed by atoms with Gasteiger partial charge in [0.25, 0.3) is 0 Å². The van der Waals surface area contributed by atoms with Gasteiger partial charge in [0.2, 0.25) is 10.0 Å². The van der Waals surface area contributed by atoms with Crippen molar-refractivity contribution in [2.75, 3.05) is 32.4 Å². The minimum Gasteiger partial charge on any atom is -0.313 e. The van der Waals surface area contributed by atoms with Crippen LogP contribution in [0.4, 0.5) is 0 Å². The Morgan fingerprint density at radius 1 is 1.25 bits per heavy atom. The molecule has 0 aliphatic carbocycles. The quantitative estimate of drug-likeness (QED) is 0.709. The highest BCUT2D eigenvalue weighted by Crippen LogP contribution is 2.00. The van der Waals surface area contributed by atoms with Crippen LogP contribution in [0.3, 0.4) is 0 Å². The fourth-order valence-corrected chi connectivity index (χ4v) is 2.81. The van der Waals surface area contributed by atoms with E-state index in [9.17, 15) is 8.42 Å². The van der Waals surface area contributed by atoms with Crippen molar-refractivity contribution < 1.29 is 8.42 Å². The molecule has 0 saturated carbocycles. The van der Waals surface area contributed by atoms with Crippen LogP contribution in [0.2, 0.25) is 0 Å². The summed E-state index contributed by atoms with van der Waals surface area (Å²) in [5.41, 5.74) is 1.18. The van der Waals surface area contributed by atoms with Crippen LogP contribution >= 0.6 is 0 Å². The van der Waals surface area contributed by atoms with E-state index in [0.29, 0.717) is 13.1 Å². The summed E-state index contributed by atoms with van der Waals surface area (Å²) in [7, 11) is -3.06. The maximum atomic E-state index is 11.4. The lowest BCUT2D eigenvalue weighted by Gasteiger charge is -2.17. The highest BCUT2D eigenvalue weighted by atomic mass is 32.2. The SMILES string of the molecule is CCN(CCCNC/C=C/c1ccccc1)S(C)(=O)=O. The number of nitrogens with zero attached hydrogens (tertiary/aromatic N) is 1. The van der Waals surface area contributed by atoms with E-state index in [-0.39, 0.29) is 0 Å². The first-order valence-electron chi connectivity index (χ1n) is 6.91. The molecule has 0 unspecified atom stereocenters. The zero-order valence-corrected chi connectivity index (χ0v) is 13.1. The Morgan fingerprint density at radius 3 is 2.55 bits per heavy atom. The third kappa shape index (κ3) is 6.84. The lowest BCUT2D eigenvalue weighted by atomic mass is 10.2. The highest BCUT2D eigenvalue weighted by molar-refractivity contribution is 7.88. The molecule has 1 aromatic rings. The topological polar surface area (TPSA) is 49.4 Å². The number of hydrogen-bond acceptors (Lipinski definition) is 3. The van der Waals surface area contributed by atoms with Crippen molar-refractivity contribution in [2.45, 2.75) is 13.3 Å². The third-order valence-corrected chi connectivity index (χ3v) is 4.33. The van der Waals surface area contributed by atoms with Crippen LogP contribution in [0.25, 0.3) is 6.08 Å². The summed E-state index contributed by atoms with van der Waals surface area (Å²) in [4.78, 5) is 0. The summed E-state index contributed by atoms with van der Waals surface area (Å²) in [6.45, 7) is 4.57. The standard InChI is InChI=1S/C15H24N2O2S/c1-3-17(20(2,18)19)14-8-13-16-12-7-11-15-9-5-4-6-10-15/h4-7,9-11,16H,3,8,12-14H2,1-2H3/b11-7+. The number of nitrogens with one attached hydrogen (secondary N) is 1. The minimum absolute atomic E-state index is 0.534. The van der Waals surface area contributed by atoms with E-state index in [0.717, 1.165) is 19.5 Å². The van der Waals surface area contributed by atoms with Crippen molar-refractivity contribution >= 4 is 16.1 Å². The van der Waals surface area contributed by atoms with E-state index in [1.54, 1.807) is 0 Å². The van der Waals surface area contributed by atoms with E-state index < -0.39 is 10.0 Å². The second-order valence-corrected chi connectivity index (χ2v) is 6.61. The molecule has 0 aromatic heterocycles. The minimum atomic E-state index is -3.06. The van der Waals surface area contributed by atoms with Gasteiger partial charge in [0, 0.05) is 19.6 Å². The number of hydrogen-bond donors (Lipinski definition) is 1. The molecule has 0 amide bonds. The second kappa shape index (κ2) is 8.89. The van der Waals surface area contributed by atoms with Gasteiger partial charge in [0.15, 0.2) is 0 Å². The molecule has 4 nitrogen and oxygen atoms in total. The Morgan fingerprint density at radius 2 is 1.95 bits per heavy atom. The summed E-state index contributed by atoms with van der Waals surface area (Å²) in [5.74, 6) is 0. The van der Waals surface area contributed by atoms with E-state index in [1.807, 2.05) is 25.1 Å². The van der Waals surface area contributed by atoms with Crippen molar-refractivity contribution in [1.29, 1.82) is 0 Å². The molecular weight excluding hydrogens is 272 g/mol. The van der Waals surface area contributed by atoms with Crippen LogP contribution < -0.4 is 5.32 Å². The van der Waals surface area contributed by atoms with Gasteiger partial charge < -0.3 is 5.32 Å². The van der Waals surface area contributed by atoms with Crippen molar-refractivity contribution in [2.24, 2.45) is 0 Å². The number of sulfonamides is 1. The molecular formula is C15H24N2O2S. The first-order valence-corrected chi connectivity index (χ1v) is 8.76. The molecule has 0 fully saturated rings. The molecule has 5 heteroatoms. The van der Waals surface area contributed by atoms with Gasteiger partial charge in [0.05, 0.1) is 6.26 Å². The molecule has 0 atom stereocenters. The van der Waals surface area contributed by atoms with E-state index >= 15 is 0 Å². The van der Waals surface area contributed by atoms with Crippen molar-refractivity contribution in [3.63, 3.8) is 0 Å². The van der Waals surface area contributed by atoms with Gasteiger partial charge in [-0.2, -0.15) is 0 Å². The largest absolute Gasteiger partial charge is 0.313 e. The lowest BCUT2D eigenvalue weighted by Crippen LogP contribution is -2.32. The summed E-state index contributed by atoms with van der Waals surface area (Å²) in [6, 6.07) is 10.1. The Hall–Kier alpha value is -1.17. The highest BCUT2D eigenvalue weighted by Gasteiger charge is 2.12. The lowest BCUT2D eigenvalue weighted by molar-refractivity contribution is 0.421. The predicted octanol–water partition coefficient (Wildman–Crippen LogP) is 1.96. The normalized spacial score (nSPS) is 12.3. The van der Waals surface area contributed by atoms with E-state index in [4.69, 9.17) is 0 Å². The second-order valence-electron chi connectivity index (χ2n) is 4.63. The molecule has 0 saturated heterocycles. The van der Waals surface area contributed by atoms with Crippen LogP contribution in [0.5, 0.6) is 0 Å². The van der Waals surface area contributed by atoms with Gasteiger partial charge in [-0.05, 0) is 18.5 Å². The van der Waals surface area contributed by atoms with Crippen molar-refractivity contribution in [1.82, 2.24) is 9.62 Å². The molecule has 1 aromatic carbocycles. The molecule has 20 heavy (non-hydrogen) atoms. The zero-order chi connectivity index (χ0) is 14.8. The van der Waals surface area contributed by atoms with Crippen LogP contribution in [-0.2, 0) is 10.0 Å². The summed E-state index contributed by atoms with van der Waals surface area (Å²) < 4.78 is 24.3. The molecule has 0 aliphatic heterocycles. The Labute approximate surface area is 122 Å². The van der Waals surface area contributed by atoms with Gasteiger partial charge >= 0.3 is 0 Å². The predicted molar refractivity (Wildman–Crippen MR) is 85.1 cm³/mol. The zero-order valence-electron chi connectivity index (χ0n) is 12.2. The first kappa shape index (κ1) is 16.9. The Kier molecular flexibility index (Phi) is 7.51. The van der Waals surface area contributed by atoms with Crippen LogP contribution in [0.15, 0.2) is 36.4 Å². The summed E-state index contributed by atoms with van der Waals surface area (Å²) in [5, 5.41) is 3.28. The molecule has 0 bridgehead atoms. The molecule has 0 spiro atoms. The molecule has 0 aliphatic rings. The Balaban J connectivity index is 2.15. The first-order chi connectivity index (χ1) is 9.54. The van der Waals surface area contributed by atoms with Gasteiger partial charge in [0.1, 0.15) is 0 Å². The summed E-state index contributed by atoms with van der Waals surface area (Å²) >= 11 is 0. The van der Waals surface area contributed by atoms with Crippen LogP contribution in [0.1, 0.15) is 18.9 Å². The maximum absolute atomic E-state index is 11.4. The van der Waals surface area contributed by atoms with Crippen LogP contribution in [0, 0.1) is 0 Å². The van der Waals surface area contributed by atoms with Crippen molar-refractivity contribution in [3.8, 4) is 0 Å². The van der Waals surface area contributed by atoms with E-state index in [1.165, 1.54) is 16.1 Å².